The molecule has 2 atom stereocenters. The quantitative estimate of drug-likeness (QED) is 0.830. The fourth-order valence-electron chi connectivity index (χ4n) is 4.34. The van der Waals surface area contributed by atoms with Crippen LogP contribution < -0.4 is 4.90 Å². The first kappa shape index (κ1) is 16.2. The molecule has 0 unspecified atom stereocenters. The molecular weight excluding hydrogens is 302 g/mol. The van der Waals surface area contributed by atoms with Gasteiger partial charge >= 0.3 is 0 Å². The van der Waals surface area contributed by atoms with Crippen LogP contribution in [0.2, 0.25) is 0 Å². The van der Waals surface area contributed by atoms with Gasteiger partial charge in [0.15, 0.2) is 0 Å². The maximum absolute atomic E-state index is 6.66. The highest BCUT2D eigenvalue weighted by atomic mass is 16.5. The zero-order valence-electron chi connectivity index (χ0n) is 14.7. The third-order valence-electron chi connectivity index (χ3n) is 5.78. The average molecular weight is 331 g/mol. The van der Waals surface area contributed by atoms with Crippen LogP contribution in [0.3, 0.4) is 0 Å². The maximum Gasteiger partial charge on any atom is 0.225 e. The summed E-state index contributed by atoms with van der Waals surface area (Å²) >= 11 is 0. The van der Waals surface area contributed by atoms with Gasteiger partial charge in [-0.25, -0.2) is 9.97 Å². The molecule has 3 aliphatic heterocycles. The number of hydrogen-bond donors (Lipinski definition) is 0. The molecule has 6 nitrogen and oxygen atoms in total. The standard InChI is InChI=1S/C18H29N5O/c1-21-10-12-22(13-11-21)14-16-4-2-5-18(24-16)6-9-23(15-18)17-19-7-3-8-20-17/h3,7-8,16H,2,4-6,9-15H2,1H3/t16-,18-/m0/s1. The van der Waals surface area contributed by atoms with E-state index >= 15 is 0 Å². The van der Waals surface area contributed by atoms with Crippen molar-refractivity contribution in [2.45, 2.75) is 37.4 Å². The van der Waals surface area contributed by atoms with Gasteiger partial charge in [0, 0.05) is 58.2 Å². The zero-order valence-corrected chi connectivity index (χ0v) is 14.7. The lowest BCUT2D eigenvalue weighted by Crippen LogP contribution is -2.51. The summed E-state index contributed by atoms with van der Waals surface area (Å²) in [7, 11) is 2.21. The zero-order chi connectivity index (χ0) is 16.4. The smallest absolute Gasteiger partial charge is 0.225 e. The molecule has 0 radical (unpaired) electrons. The Morgan fingerprint density at radius 3 is 2.71 bits per heavy atom. The van der Waals surface area contributed by atoms with Crippen LogP contribution in [0, 0.1) is 0 Å². The first-order valence-electron chi connectivity index (χ1n) is 9.33. The van der Waals surface area contributed by atoms with Crippen molar-refractivity contribution in [2.75, 3.05) is 57.8 Å². The Bertz CT molecular complexity index is 533. The van der Waals surface area contributed by atoms with Crippen LogP contribution in [0.15, 0.2) is 18.5 Å². The van der Waals surface area contributed by atoms with Gasteiger partial charge in [-0.15, -0.1) is 0 Å². The van der Waals surface area contributed by atoms with Crippen LogP contribution >= 0.6 is 0 Å². The first-order valence-corrected chi connectivity index (χ1v) is 9.33. The van der Waals surface area contributed by atoms with Gasteiger partial charge in [0.2, 0.25) is 5.95 Å². The minimum atomic E-state index is 0.0225. The van der Waals surface area contributed by atoms with Crippen molar-refractivity contribution in [1.29, 1.82) is 0 Å². The summed E-state index contributed by atoms with van der Waals surface area (Å²) in [6.45, 7) is 7.74. The number of nitrogens with zero attached hydrogens (tertiary/aromatic N) is 5. The number of ether oxygens (including phenoxy) is 1. The molecule has 24 heavy (non-hydrogen) atoms. The Kier molecular flexibility index (Phi) is 4.70. The van der Waals surface area contributed by atoms with E-state index in [4.69, 9.17) is 4.74 Å². The molecule has 132 valence electrons. The molecule has 3 aliphatic rings. The Morgan fingerprint density at radius 2 is 1.92 bits per heavy atom. The average Bonchev–Trinajstić information content (AvgIpc) is 3.01. The highest BCUT2D eigenvalue weighted by molar-refractivity contribution is 5.32. The van der Waals surface area contributed by atoms with E-state index < -0.39 is 0 Å². The molecule has 0 N–H and O–H groups in total. The van der Waals surface area contributed by atoms with Crippen LogP contribution in [-0.2, 0) is 4.74 Å². The molecule has 1 spiro atoms. The summed E-state index contributed by atoms with van der Waals surface area (Å²) in [6, 6.07) is 1.87. The largest absolute Gasteiger partial charge is 0.369 e. The van der Waals surface area contributed by atoms with E-state index in [1.54, 1.807) is 0 Å². The van der Waals surface area contributed by atoms with E-state index in [9.17, 15) is 0 Å². The van der Waals surface area contributed by atoms with E-state index in [0.29, 0.717) is 6.10 Å². The number of hydrogen-bond acceptors (Lipinski definition) is 6. The second-order valence-corrected chi connectivity index (χ2v) is 7.64. The van der Waals surface area contributed by atoms with Crippen molar-refractivity contribution in [3.05, 3.63) is 18.5 Å². The van der Waals surface area contributed by atoms with Crippen molar-refractivity contribution in [2.24, 2.45) is 0 Å². The molecule has 4 heterocycles. The summed E-state index contributed by atoms with van der Waals surface area (Å²) in [5.41, 5.74) is 0.0225. The molecule has 3 fully saturated rings. The third-order valence-corrected chi connectivity index (χ3v) is 5.78. The molecule has 0 amide bonds. The lowest BCUT2D eigenvalue weighted by atomic mass is 9.90. The van der Waals surface area contributed by atoms with Gasteiger partial charge in [-0.05, 0) is 38.8 Å². The maximum atomic E-state index is 6.66. The van der Waals surface area contributed by atoms with Crippen molar-refractivity contribution in [3.63, 3.8) is 0 Å². The molecule has 3 saturated heterocycles. The minimum absolute atomic E-state index is 0.0225. The number of aromatic nitrogens is 2. The summed E-state index contributed by atoms with van der Waals surface area (Å²) in [5.74, 6) is 0.846. The van der Waals surface area contributed by atoms with Crippen molar-refractivity contribution in [1.82, 2.24) is 19.8 Å². The van der Waals surface area contributed by atoms with Crippen LogP contribution in [-0.4, -0.2) is 84.3 Å². The van der Waals surface area contributed by atoms with Gasteiger partial charge in [0.25, 0.3) is 0 Å². The number of anilines is 1. The minimum Gasteiger partial charge on any atom is -0.369 e. The summed E-state index contributed by atoms with van der Waals surface area (Å²) in [6.07, 6.45) is 8.80. The summed E-state index contributed by atoms with van der Waals surface area (Å²) in [4.78, 5) is 16.1. The molecular formula is C18H29N5O. The van der Waals surface area contributed by atoms with Gasteiger partial charge in [0.1, 0.15) is 0 Å². The highest BCUT2D eigenvalue weighted by Crippen LogP contribution is 2.37. The number of likely N-dealkylation sites (N-methyl/N-ethyl adjacent to an activating group) is 1. The highest BCUT2D eigenvalue weighted by Gasteiger charge is 2.44. The second kappa shape index (κ2) is 6.94. The molecule has 4 rings (SSSR count). The van der Waals surface area contributed by atoms with Gasteiger partial charge in [-0.3, -0.25) is 4.90 Å². The second-order valence-electron chi connectivity index (χ2n) is 7.64. The first-order chi connectivity index (χ1) is 11.7. The molecule has 0 bridgehead atoms. The Balaban J connectivity index is 1.35. The van der Waals surface area contributed by atoms with Crippen LogP contribution in [0.4, 0.5) is 5.95 Å². The van der Waals surface area contributed by atoms with E-state index in [1.807, 2.05) is 18.5 Å². The number of rotatable bonds is 3. The van der Waals surface area contributed by atoms with Gasteiger partial charge in [-0.1, -0.05) is 0 Å². The molecule has 0 saturated carbocycles. The summed E-state index contributed by atoms with van der Waals surface area (Å²) < 4.78 is 6.66. The van der Waals surface area contributed by atoms with Crippen LogP contribution in [0.25, 0.3) is 0 Å². The molecule has 0 aliphatic carbocycles. The van der Waals surface area contributed by atoms with Crippen LogP contribution in [0.5, 0.6) is 0 Å². The SMILES string of the molecule is CN1CCN(C[C@@H]2CCC[C@@]3(CCN(c4ncccn4)C3)O2)CC1. The number of piperazine rings is 1. The van der Waals surface area contributed by atoms with Crippen molar-refractivity contribution < 1.29 is 4.74 Å². The molecule has 0 aromatic carbocycles. The Morgan fingerprint density at radius 1 is 1.12 bits per heavy atom. The van der Waals surface area contributed by atoms with E-state index in [2.05, 4.69) is 31.7 Å². The van der Waals surface area contributed by atoms with Gasteiger partial charge < -0.3 is 14.5 Å². The van der Waals surface area contributed by atoms with Gasteiger partial charge in [0.05, 0.1) is 11.7 Å². The third kappa shape index (κ3) is 3.55. The van der Waals surface area contributed by atoms with Crippen LogP contribution in [0.1, 0.15) is 25.7 Å². The fraction of sp³-hybridized carbons (Fsp3) is 0.778. The van der Waals surface area contributed by atoms with Crippen molar-refractivity contribution >= 4 is 5.95 Å². The normalized spacial score (nSPS) is 32.5. The Hall–Kier alpha value is -1.24. The fourth-order valence-corrected chi connectivity index (χ4v) is 4.34. The monoisotopic (exact) mass is 331 g/mol. The van der Waals surface area contributed by atoms with E-state index in [-0.39, 0.29) is 5.60 Å². The van der Waals surface area contributed by atoms with E-state index in [1.165, 1.54) is 45.4 Å². The predicted molar refractivity (Wildman–Crippen MR) is 94.3 cm³/mol. The lowest BCUT2D eigenvalue weighted by molar-refractivity contribution is -0.125. The van der Waals surface area contributed by atoms with Crippen molar-refractivity contribution in [3.8, 4) is 0 Å². The topological polar surface area (TPSA) is 44.7 Å². The summed E-state index contributed by atoms with van der Waals surface area (Å²) in [5, 5.41) is 0. The molecule has 6 heteroatoms. The molecule has 1 aromatic heterocycles. The lowest BCUT2D eigenvalue weighted by Gasteiger charge is -2.41. The van der Waals surface area contributed by atoms with E-state index in [0.717, 1.165) is 32.0 Å². The Labute approximate surface area is 144 Å². The predicted octanol–water partition coefficient (Wildman–Crippen LogP) is 1.24. The molecule has 1 aromatic rings. The van der Waals surface area contributed by atoms with Gasteiger partial charge in [-0.2, -0.15) is 0 Å².